The lowest BCUT2D eigenvalue weighted by molar-refractivity contribution is 0.625. The van der Waals surface area contributed by atoms with Gasteiger partial charge in [-0.25, -0.2) is 4.39 Å². The zero-order chi connectivity index (χ0) is 9.68. The van der Waals surface area contributed by atoms with Crippen molar-refractivity contribution in [2.75, 3.05) is 6.54 Å². The van der Waals surface area contributed by atoms with Crippen LogP contribution in [0.1, 0.15) is 12.0 Å². The third-order valence-corrected chi connectivity index (χ3v) is 1.95. The zero-order valence-corrected chi connectivity index (χ0v) is 7.89. The number of hydrogen-bond acceptors (Lipinski definition) is 1. The van der Waals surface area contributed by atoms with E-state index >= 15 is 0 Å². The van der Waals surface area contributed by atoms with Gasteiger partial charge in [0.15, 0.2) is 0 Å². The van der Waals surface area contributed by atoms with Crippen LogP contribution in [-0.2, 0) is 0 Å². The van der Waals surface area contributed by atoms with Gasteiger partial charge in [0.2, 0.25) is 0 Å². The summed E-state index contributed by atoms with van der Waals surface area (Å²) in [6.45, 7) is 0.558. The molecular formula is C10H11ClFN. The van der Waals surface area contributed by atoms with Crippen LogP contribution >= 0.6 is 11.6 Å². The van der Waals surface area contributed by atoms with E-state index in [1.807, 2.05) is 6.08 Å². The monoisotopic (exact) mass is 199 g/mol. The SMILES string of the molecule is NCCC=Cc1c(F)cccc1Cl. The predicted molar refractivity (Wildman–Crippen MR) is 54.1 cm³/mol. The summed E-state index contributed by atoms with van der Waals surface area (Å²) in [5.41, 5.74) is 5.72. The zero-order valence-electron chi connectivity index (χ0n) is 7.13. The molecule has 0 unspecified atom stereocenters. The van der Waals surface area contributed by atoms with E-state index in [0.29, 0.717) is 17.1 Å². The van der Waals surface area contributed by atoms with Gasteiger partial charge in [0.1, 0.15) is 5.82 Å². The average Bonchev–Trinajstić information content (AvgIpc) is 2.10. The van der Waals surface area contributed by atoms with Crippen LogP contribution in [0.2, 0.25) is 5.02 Å². The van der Waals surface area contributed by atoms with Crippen LogP contribution in [0.3, 0.4) is 0 Å². The summed E-state index contributed by atoms with van der Waals surface area (Å²) in [6.07, 6.45) is 4.19. The van der Waals surface area contributed by atoms with Crippen molar-refractivity contribution in [2.45, 2.75) is 6.42 Å². The summed E-state index contributed by atoms with van der Waals surface area (Å²) in [5.74, 6) is -0.305. The highest BCUT2D eigenvalue weighted by Crippen LogP contribution is 2.20. The van der Waals surface area contributed by atoms with E-state index in [4.69, 9.17) is 17.3 Å². The predicted octanol–water partition coefficient (Wildman–Crippen LogP) is 2.84. The molecule has 13 heavy (non-hydrogen) atoms. The van der Waals surface area contributed by atoms with Crippen molar-refractivity contribution >= 4 is 17.7 Å². The quantitative estimate of drug-likeness (QED) is 0.796. The molecule has 0 aliphatic carbocycles. The Morgan fingerprint density at radius 3 is 2.85 bits per heavy atom. The largest absolute Gasteiger partial charge is 0.330 e. The fourth-order valence-corrected chi connectivity index (χ4v) is 1.19. The van der Waals surface area contributed by atoms with E-state index in [2.05, 4.69) is 0 Å². The van der Waals surface area contributed by atoms with Crippen LogP contribution in [0.4, 0.5) is 4.39 Å². The summed E-state index contributed by atoms with van der Waals surface area (Å²) in [6, 6.07) is 4.62. The fraction of sp³-hybridized carbons (Fsp3) is 0.200. The van der Waals surface area contributed by atoms with Crippen molar-refractivity contribution in [1.82, 2.24) is 0 Å². The van der Waals surface area contributed by atoms with Crippen molar-refractivity contribution in [3.05, 3.63) is 40.7 Å². The highest BCUT2D eigenvalue weighted by molar-refractivity contribution is 6.32. The van der Waals surface area contributed by atoms with Gasteiger partial charge in [0, 0.05) is 5.56 Å². The van der Waals surface area contributed by atoms with Gasteiger partial charge in [-0.15, -0.1) is 0 Å². The molecule has 0 aliphatic rings. The molecule has 0 radical (unpaired) electrons. The van der Waals surface area contributed by atoms with Crippen molar-refractivity contribution < 1.29 is 4.39 Å². The van der Waals surface area contributed by atoms with Crippen LogP contribution in [0.15, 0.2) is 24.3 Å². The second-order valence-electron chi connectivity index (χ2n) is 2.62. The van der Waals surface area contributed by atoms with Crippen molar-refractivity contribution in [2.24, 2.45) is 5.73 Å². The molecule has 1 aromatic carbocycles. The van der Waals surface area contributed by atoms with E-state index < -0.39 is 0 Å². The topological polar surface area (TPSA) is 26.0 Å². The first-order valence-corrected chi connectivity index (χ1v) is 4.44. The van der Waals surface area contributed by atoms with Gasteiger partial charge < -0.3 is 5.73 Å². The normalized spacial score (nSPS) is 11.0. The summed E-state index contributed by atoms with van der Waals surface area (Å²) >= 11 is 5.79. The third-order valence-electron chi connectivity index (χ3n) is 1.62. The standard InChI is InChI=1S/C10H11ClFN/c11-9-5-3-6-10(12)8(9)4-1-2-7-13/h1,3-6H,2,7,13H2. The van der Waals surface area contributed by atoms with Crippen LogP contribution in [0.5, 0.6) is 0 Å². The van der Waals surface area contributed by atoms with Gasteiger partial charge in [-0.3, -0.25) is 0 Å². The first kappa shape index (κ1) is 10.2. The van der Waals surface area contributed by atoms with Crippen molar-refractivity contribution in [3.8, 4) is 0 Å². The highest BCUT2D eigenvalue weighted by Gasteiger charge is 2.01. The minimum absolute atomic E-state index is 0.305. The molecular weight excluding hydrogens is 189 g/mol. The van der Waals surface area contributed by atoms with Crippen LogP contribution in [-0.4, -0.2) is 6.54 Å². The molecule has 0 atom stereocenters. The number of halogens is 2. The van der Waals surface area contributed by atoms with Gasteiger partial charge in [-0.2, -0.15) is 0 Å². The van der Waals surface area contributed by atoms with Crippen molar-refractivity contribution in [3.63, 3.8) is 0 Å². The number of hydrogen-bond donors (Lipinski definition) is 1. The molecule has 0 bridgehead atoms. The van der Waals surface area contributed by atoms with E-state index in [-0.39, 0.29) is 5.82 Å². The number of nitrogens with two attached hydrogens (primary N) is 1. The number of benzene rings is 1. The Labute approximate surface area is 82.0 Å². The lowest BCUT2D eigenvalue weighted by Crippen LogP contribution is -1.95. The van der Waals surface area contributed by atoms with Gasteiger partial charge in [0.05, 0.1) is 5.02 Å². The molecule has 1 nitrogen and oxygen atoms in total. The maximum atomic E-state index is 13.1. The maximum Gasteiger partial charge on any atom is 0.131 e. The Morgan fingerprint density at radius 2 is 2.23 bits per heavy atom. The Balaban J connectivity index is 2.87. The smallest absolute Gasteiger partial charge is 0.131 e. The molecule has 70 valence electrons. The highest BCUT2D eigenvalue weighted by atomic mass is 35.5. The molecule has 1 aromatic rings. The van der Waals surface area contributed by atoms with Crippen LogP contribution in [0, 0.1) is 5.82 Å². The Kier molecular flexibility index (Phi) is 3.93. The molecule has 0 aliphatic heterocycles. The molecule has 3 heteroatoms. The molecule has 0 fully saturated rings. The summed E-state index contributed by atoms with van der Waals surface area (Å²) in [5, 5.41) is 0.424. The Hall–Kier alpha value is -0.860. The summed E-state index contributed by atoms with van der Waals surface area (Å²) in [4.78, 5) is 0. The maximum absolute atomic E-state index is 13.1. The molecule has 0 aromatic heterocycles. The van der Waals surface area contributed by atoms with Crippen LogP contribution in [0.25, 0.3) is 6.08 Å². The lowest BCUT2D eigenvalue weighted by Gasteiger charge is -1.98. The average molecular weight is 200 g/mol. The van der Waals surface area contributed by atoms with E-state index in [1.54, 1.807) is 18.2 Å². The minimum Gasteiger partial charge on any atom is -0.330 e. The van der Waals surface area contributed by atoms with E-state index in [0.717, 1.165) is 6.42 Å². The first-order chi connectivity index (χ1) is 6.25. The van der Waals surface area contributed by atoms with Crippen LogP contribution < -0.4 is 5.73 Å². The molecule has 0 saturated carbocycles. The molecule has 0 saturated heterocycles. The second-order valence-corrected chi connectivity index (χ2v) is 3.02. The number of rotatable bonds is 3. The van der Waals surface area contributed by atoms with Gasteiger partial charge in [0.25, 0.3) is 0 Å². The van der Waals surface area contributed by atoms with E-state index in [1.165, 1.54) is 6.07 Å². The van der Waals surface area contributed by atoms with Gasteiger partial charge in [-0.1, -0.05) is 29.8 Å². The van der Waals surface area contributed by atoms with Crippen molar-refractivity contribution in [1.29, 1.82) is 0 Å². The Bertz CT molecular complexity index is 290. The molecule has 1 rings (SSSR count). The van der Waals surface area contributed by atoms with Gasteiger partial charge in [-0.05, 0) is 25.1 Å². The van der Waals surface area contributed by atoms with E-state index in [9.17, 15) is 4.39 Å². The first-order valence-electron chi connectivity index (χ1n) is 4.06. The molecule has 2 N–H and O–H groups in total. The fourth-order valence-electron chi connectivity index (χ4n) is 0.967. The minimum atomic E-state index is -0.305. The lowest BCUT2D eigenvalue weighted by atomic mass is 10.2. The molecule has 0 amide bonds. The summed E-state index contributed by atoms with van der Waals surface area (Å²) < 4.78 is 13.1. The second kappa shape index (κ2) is 5.00. The third kappa shape index (κ3) is 2.83. The Morgan fingerprint density at radius 1 is 1.46 bits per heavy atom. The van der Waals surface area contributed by atoms with Gasteiger partial charge >= 0.3 is 0 Å². The molecule has 0 heterocycles. The molecule has 0 spiro atoms. The summed E-state index contributed by atoms with van der Waals surface area (Å²) in [7, 11) is 0.